The maximum atomic E-state index is 11.7. The van der Waals surface area contributed by atoms with Crippen molar-refractivity contribution in [3.63, 3.8) is 0 Å². The van der Waals surface area contributed by atoms with Crippen molar-refractivity contribution in [2.45, 2.75) is 37.8 Å². The molecule has 1 aliphatic carbocycles. The van der Waals surface area contributed by atoms with Crippen molar-refractivity contribution in [2.75, 3.05) is 0 Å². The SMILES string of the molecule is N[C@@H]1CCCC[C@H]1NC(=O)c1ccco1. The first kappa shape index (κ1) is 10.2. The lowest BCUT2D eigenvalue weighted by Gasteiger charge is -2.28. The highest BCUT2D eigenvalue weighted by Gasteiger charge is 2.24. The van der Waals surface area contributed by atoms with Crippen LogP contribution in [0.3, 0.4) is 0 Å². The average molecular weight is 208 g/mol. The molecule has 1 heterocycles. The Kier molecular flexibility index (Phi) is 3.06. The van der Waals surface area contributed by atoms with Gasteiger partial charge in [-0.15, -0.1) is 0 Å². The molecule has 2 atom stereocenters. The summed E-state index contributed by atoms with van der Waals surface area (Å²) >= 11 is 0. The molecule has 2 rings (SSSR count). The fraction of sp³-hybridized carbons (Fsp3) is 0.545. The standard InChI is InChI=1S/C11H16N2O2/c12-8-4-1-2-5-9(8)13-11(14)10-6-3-7-15-10/h3,6-9H,1-2,4-5,12H2,(H,13,14)/t8-,9-/m1/s1. The van der Waals surface area contributed by atoms with Gasteiger partial charge < -0.3 is 15.5 Å². The molecule has 15 heavy (non-hydrogen) atoms. The quantitative estimate of drug-likeness (QED) is 0.769. The van der Waals surface area contributed by atoms with Crippen molar-refractivity contribution >= 4 is 5.91 Å². The van der Waals surface area contributed by atoms with Crippen LogP contribution in [0.1, 0.15) is 36.2 Å². The first-order valence-corrected chi connectivity index (χ1v) is 5.37. The molecular weight excluding hydrogens is 192 g/mol. The largest absolute Gasteiger partial charge is 0.459 e. The van der Waals surface area contributed by atoms with Crippen LogP contribution >= 0.6 is 0 Å². The smallest absolute Gasteiger partial charge is 0.287 e. The fourth-order valence-corrected chi connectivity index (χ4v) is 1.99. The second kappa shape index (κ2) is 4.49. The third kappa shape index (κ3) is 2.39. The summed E-state index contributed by atoms with van der Waals surface area (Å²) in [5.41, 5.74) is 5.94. The van der Waals surface area contributed by atoms with Crippen LogP contribution in [0.4, 0.5) is 0 Å². The minimum atomic E-state index is -0.164. The molecule has 0 radical (unpaired) electrons. The number of furan rings is 1. The minimum Gasteiger partial charge on any atom is -0.459 e. The van der Waals surface area contributed by atoms with Gasteiger partial charge in [-0.05, 0) is 25.0 Å². The molecule has 0 spiro atoms. The van der Waals surface area contributed by atoms with E-state index in [0.29, 0.717) is 5.76 Å². The summed E-state index contributed by atoms with van der Waals surface area (Å²) in [6.45, 7) is 0. The number of hydrogen-bond donors (Lipinski definition) is 2. The molecular formula is C11H16N2O2. The number of carbonyl (C=O) groups is 1. The Balaban J connectivity index is 1.93. The van der Waals surface area contributed by atoms with Crippen LogP contribution in [0, 0.1) is 0 Å². The highest BCUT2D eigenvalue weighted by atomic mass is 16.3. The van der Waals surface area contributed by atoms with Gasteiger partial charge >= 0.3 is 0 Å². The zero-order chi connectivity index (χ0) is 10.7. The lowest BCUT2D eigenvalue weighted by Crippen LogP contribution is -2.49. The molecule has 0 aliphatic heterocycles. The van der Waals surface area contributed by atoms with Crippen molar-refractivity contribution in [3.8, 4) is 0 Å². The summed E-state index contributed by atoms with van der Waals surface area (Å²) in [6.07, 6.45) is 5.75. The molecule has 0 saturated heterocycles. The number of amides is 1. The molecule has 0 aromatic carbocycles. The molecule has 1 fully saturated rings. The van der Waals surface area contributed by atoms with E-state index in [9.17, 15) is 4.79 Å². The molecule has 4 nitrogen and oxygen atoms in total. The van der Waals surface area contributed by atoms with E-state index < -0.39 is 0 Å². The zero-order valence-electron chi connectivity index (χ0n) is 8.61. The van der Waals surface area contributed by atoms with E-state index in [2.05, 4.69) is 5.32 Å². The van der Waals surface area contributed by atoms with Crippen molar-refractivity contribution in [2.24, 2.45) is 5.73 Å². The molecule has 4 heteroatoms. The molecule has 3 N–H and O–H groups in total. The van der Waals surface area contributed by atoms with Gasteiger partial charge in [0.15, 0.2) is 5.76 Å². The fourth-order valence-electron chi connectivity index (χ4n) is 1.99. The Hall–Kier alpha value is -1.29. The summed E-state index contributed by atoms with van der Waals surface area (Å²) in [5, 5.41) is 2.91. The van der Waals surface area contributed by atoms with Crippen molar-refractivity contribution < 1.29 is 9.21 Å². The van der Waals surface area contributed by atoms with Gasteiger partial charge in [-0.1, -0.05) is 12.8 Å². The van der Waals surface area contributed by atoms with Crippen molar-refractivity contribution in [1.82, 2.24) is 5.32 Å². The molecule has 1 aromatic rings. The second-order valence-corrected chi connectivity index (χ2v) is 4.01. The van der Waals surface area contributed by atoms with E-state index in [4.69, 9.17) is 10.2 Å². The molecule has 1 aliphatic rings. The Morgan fingerprint density at radius 1 is 1.47 bits per heavy atom. The Bertz CT molecular complexity index is 321. The van der Waals surface area contributed by atoms with Gasteiger partial charge in [0, 0.05) is 12.1 Å². The van der Waals surface area contributed by atoms with E-state index in [1.54, 1.807) is 12.1 Å². The third-order valence-electron chi connectivity index (χ3n) is 2.88. The molecule has 1 amide bonds. The number of carbonyl (C=O) groups excluding carboxylic acids is 1. The topological polar surface area (TPSA) is 68.3 Å². The molecule has 0 unspecified atom stereocenters. The highest BCUT2D eigenvalue weighted by molar-refractivity contribution is 5.91. The summed E-state index contributed by atoms with van der Waals surface area (Å²) < 4.78 is 5.02. The van der Waals surface area contributed by atoms with E-state index >= 15 is 0 Å². The summed E-state index contributed by atoms with van der Waals surface area (Å²) in [4.78, 5) is 11.7. The number of hydrogen-bond acceptors (Lipinski definition) is 3. The lowest BCUT2D eigenvalue weighted by atomic mass is 9.91. The molecule has 0 bridgehead atoms. The van der Waals surface area contributed by atoms with Crippen LogP contribution < -0.4 is 11.1 Å². The van der Waals surface area contributed by atoms with Gasteiger partial charge in [0.2, 0.25) is 0 Å². The monoisotopic (exact) mass is 208 g/mol. The van der Waals surface area contributed by atoms with Crippen LogP contribution in [0.15, 0.2) is 22.8 Å². The van der Waals surface area contributed by atoms with Crippen LogP contribution in [-0.4, -0.2) is 18.0 Å². The first-order valence-electron chi connectivity index (χ1n) is 5.37. The summed E-state index contributed by atoms with van der Waals surface area (Å²) in [6, 6.07) is 3.54. The lowest BCUT2D eigenvalue weighted by molar-refractivity contribution is 0.0893. The predicted octanol–water partition coefficient (Wildman–Crippen LogP) is 1.28. The number of nitrogens with two attached hydrogens (primary N) is 1. The Morgan fingerprint density at radius 2 is 2.27 bits per heavy atom. The number of rotatable bonds is 2. The van der Waals surface area contributed by atoms with E-state index in [0.717, 1.165) is 25.7 Å². The second-order valence-electron chi connectivity index (χ2n) is 4.01. The average Bonchev–Trinajstić information content (AvgIpc) is 2.74. The first-order chi connectivity index (χ1) is 7.27. The Labute approximate surface area is 88.8 Å². The van der Waals surface area contributed by atoms with Crippen molar-refractivity contribution in [1.29, 1.82) is 0 Å². The van der Waals surface area contributed by atoms with E-state index in [1.165, 1.54) is 6.26 Å². The van der Waals surface area contributed by atoms with Crippen LogP contribution in [0.5, 0.6) is 0 Å². The zero-order valence-corrected chi connectivity index (χ0v) is 8.61. The highest BCUT2D eigenvalue weighted by Crippen LogP contribution is 2.17. The number of nitrogens with one attached hydrogen (secondary N) is 1. The summed E-state index contributed by atoms with van der Waals surface area (Å²) in [5.74, 6) is 0.190. The van der Waals surface area contributed by atoms with Gasteiger partial charge in [0.05, 0.1) is 6.26 Å². The van der Waals surface area contributed by atoms with E-state index in [1.807, 2.05) is 0 Å². The molecule has 82 valence electrons. The third-order valence-corrected chi connectivity index (χ3v) is 2.88. The Morgan fingerprint density at radius 3 is 2.93 bits per heavy atom. The minimum absolute atomic E-state index is 0.0812. The van der Waals surface area contributed by atoms with E-state index in [-0.39, 0.29) is 18.0 Å². The normalized spacial score (nSPS) is 26.2. The van der Waals surface area contributed by atoms with Crippen LogP contribution in [-0.2, 0) is 0 Å². The maximum absolute atomic E-state index is 11.7. The van der Waals surface area contributed by atoms with Gasteiger partial charge in [-0.25, -0.2) is 0 Å². The molecule has 1 aromatic heterocycles. The van der Waals surface area contributed by atoms with Crippen molar-refractivity contribution in [3.05, 3.63) is 24.2 Å². The van der Waals surface area contributed by atoms with Gasteiger partial charge in [-0.3, -0.25) is 4.79 Å². The molecule has 1 saturated carbocycles. The van der Waals surface area contributed by atoms with Gasteiger partial charge in [0.1, 0.15) is 0 Å². The summed E-state index contributed by atoms with van der Waals surface area (Å²) in [7, 11) is 0. The van der Waals surface area contributed by atoms with Crippen LogP contribution in [0.25, 0.3) is 0 Å². The maximum Gasteiger partial charge on any atom is 0.287 e. The van der Waals surface area contributed by atoms with Gasteiger partial charge in [0.25, 0.3) is 5.91 Å². The van der Waals surface area contributed by atoms with Gasteiger partial charge in [-0.2, -0.15) is 0 Å². The van der Waals surface area contributed by atoms with Crippen LogP contribution in [0.2, 0.25) is 0 Å². The predicted molar refractivity (Wildman–Crippen MR) is 56.4 cm³/mol.